The van der Waals surface area contributed by atoms with E-state index in [0.29, 0.717) is 25.7 Å². The molecule has 400 valence electrons. The Morgan fingerprint density at radius 3 is 0.913 bits per heavy atom. The summed E-state index contributed by atoms with van der Waals surface area (Å²) in [7, 11) is -10.9. The molecule has 2 fully saturated rings. The molecule has 2 aliphatic heterocycles. The van der Waals surface area contributed by atoms with E-state index in [1.165, 1.54) is 103 Å². The minimum absolute atomic E-state index is 0. The van der Waals surface area contributed by atoms with E-state index in [1.54, 1.807) is 0 Å². The first-order valence-corrected chi connectivity index (χ1v) is 28.4. The summed E-state index contributed by atoms with van der Waals surface area (Å²) in [5.74, 6) is 0. The number of ether oxygens (including phenoxy) is 4. The van der Waals surface area contributed by atoms with Gasteiger partial charge in [0, 0.05) is 5.41 Å². The number of rotatable bonds is 42. The number of hydrogen-bond acceptors (Lipinski definition) is 18. The summed E-state index contributed by atoms with van der Waals surface area (Å²) in [4.78, 5) is 0. The van der Waals surface area contributed by atoms with Gasteiger partial charge in [0.25, 0.3) is 0 Å². The predicted octanol–water partition coefficient (Wildman–Crippen LogP) is 0.326. The van der Waals surface area contributed by atoms with Crippen molar-refractivity contribution in [2.45, 2.75) is 268 Å². The molecule has 2 aliphatic rings. The molecule has 6 N–H and O–H groups in total. The third-order valence-electron chi connectivity index (χ3n) is 13.3. The fourth-order valence-electron chi connectivity index (χ4n) is 9.24. The van der Waals surface area contributed by atoms with Gasteiger partial charge in [0.2, 0.25) is 20.8 Å². The predicted molar refractivity (Wildman–Crippen MR) is 249 cm³/mol. The monoisotopic (exact) mass is 1050 g/mol. The summed E-state index contributed by atoms with van der Waals surface area (Å²) in [5, 5.41) is 63.3. The van der Waals surface area contributed by atoms with Gasteiger partial charge >= 0.3 is 59.1 Å². The van der Waals surface area contributed by atoms with Crippen LogP contribution in [0.5, 0.6) is 0 Å². The van der Waals surface area contributed by atoms with E-state index in [-0.39, 0.29) is 72.3 Å². The fourth-order valence-corrected chi connectivity index (χ4v) is 10.2. The maximum atomic E-state index is 11.6. The van der Waals surface area contributed by atoms with Crippen molar-refractivity contribution in [3.63, 3.8) is 0 Å². The van der Waals surface area contributed by atoms with E-state index in [2.05, 4.69) is 22.2 Å². The molecule has 0 aromatic rings. The molecule has 22 heteroatoms. The van der Waals surface area contributed by atoms with Crippen LogP contribution in [-0.2, 0) is 48.1 Å². The zero-order chi connectivity index (χ0) is 49.6. The summed E-state index contributed by atoms with van der Waals surface area (Å²) >= 11 is 0. The Balaban J connectivity index is 0.0000231. The second-order valence-electron chi connectivity index (χ2n) is 19.2. The SMILES string of the molecule is CCCCCCCCCCCCCCCCC(CCCCCCCCCCCCCCCC)(CO[C@@H]1O[C@H](CO)[C@H](O)[C@H](OS(=O)(=O)[O-])[C@H]1O)CO[C@@H]1O[C@H](CO)[C@H](O)[C@H](OS(=O)(=O)[O-])[C@H]1O.[Na+].[Na+]. The molecule has 18 nitrogen and oxygen atoms in total. The molecule has 0 bridgehead atoms. The second kappa shape index (κ2) is 40.6. The quantitative estimate of drug-likeness (QED) is 0.0208. The first kappa shape index (κ1) is 70.3. The number of aliphatic hydroxyl groups is 6. The van der Waals surface area contributed by atoms with Crippen LogP contribution < -0.4 is 59.1 Å². The van der Waals surface area contributed by atoms with Crippen molar-refractivity contribution in [3.8, 4) is 0 Å². The minimum Gasteiger partial charge on any atom is -0.726 e. The zero-order valence-corrected chi connectivity index (χ0v) is 48.3. The second-order valence-corrected chi connectivity index (χ2v) is 21.2. The molecule has 0 aromatic carbocycles. The molecule has 0 aromatic heterocycles. The fraction of sp³-hybridized carbons (Fsp3) is 1.00. The van der Waals surface area contributed by atoms with Crippen molar-refractivity contribution in [3.05, 3.63) is 0 Å². The smallest absolute Gasteiger partial charge is 0.726 e. The third-order valence-corrected chi connectivity index (χ3v) is 14.2. The molecule has 2 rings (SSSR count). The van der Waals surface area contributed by atoms with Gasteiger partial charge in [-0.05, 0) is 12.8 Å². The molecule has 0 amide bonds. The van der Waals surface area contributed by atoms with Gasteiger partial charge in [-0.15, -0.1) is 0 Å². The molecular formula is C47H90Na2O18S2. The van der Waals surface area contributed by atoms with Crippen LogP contribution in [0.3, 0.4) is 0 Å². The number of unbranched alkanes of at least 4 members (excludes halogenated alkanes) is 26. The molecule has 0 saturated carbocycles. The molecule has 0 unspecified atom stereocenters. The van der Waals surface area contributed by atoms with Crippen LogP contribution in [0.15, 0.2) is 0 Å². The van der Waals surface area contributed by atoms with Crippen molar-refractivity contribution < 1.29 is 143 Å². The van der Waals surface area contributed by atoms with E-state index in [1.807, 2.05) is 0 Å². The summed E-state index contributed by atoms with van der Waals surface area (Å²) < 4.78 is 102. The normalized spacial score (nSPS) is 25.6. The van der Waals surface area contributed by atoms with Crippen molar-refractivity contribution >= 4 is 20.8 Å². The average molecular weight is 1050 g/mol. The van der Waals surface area contributed by atoms with Crippen LogP contribution in [0.25, 0.3) is 0 Å². The Morgan fingerprint density at radius 1 is 0.435 bits per heavy atom. The maximum Gasteiger partial charge on any atom is 1.00 e. The molecule has 0 radical (unpaired) electrons. The Hall–Kier alpha value is 1.34. The zero-order valence-electron chi connectivity index (χ0n) is 42.7. The Kier molecular flexibility index (Phi) is 41.4. The summed E-state index contributed by atoms with van der Waals surface area (Å²) in [5.41, 5.74) is -0.960. The van der Waals surface area contributed by atoms with Crippen LogP contribution in [0.2, 0.25) is 0 Å². The molecule has 0 spiro atoms. The third kappa shape index (κ3) is 30.6. The van der Waals surface area contributed by atoms with Crippen molar-refractivity contribution in [1.29, 1.82) is 0 Å². The first-order valence-electron chi connectivity index (χ1n) is 25.8. The van der Waals surface area contributed by atoms with Gasteiger partial charge in [0.15, 0.2) is 12.6 Å². The first-order chi connectivity index (χ1) is 32.0. The van der Waals surface area contributed by atoms with Gasteiger partial charge in [-0.25, -0.2) is 16.8 Å². The van der Waals surface area contributed by atoms with E-state index in [4.69, 9.17) is 18.9 Å². The summed E-state index contributed by atoms with van der Waals surface area (Å²) in [6, 6.07) is 0. The largest absolute Gasteiger partial charge is 1.00 e. The van der Waals surface area contributed by atoms with Gasteiger partial charge in [0.1, 0.15) is 48.8 Å². The summed E-state index contributed by atoms with van der Waals surface area (Å²) in [6.07, 6.45) is 14.6. The van der Waals surface area contributed by atoms with E-state index in [9.17, 15) is 56.6 Å². The number of hydrogen-bond donors (Lipinski definition) is 6. The molecule has 2 heterocycles. The van der Waals surface area contributed by atoms with Crippen molar-refractivity contribution in [2.75, 3.05) is 26.4 Å². The van der Waals surface area contributed by atoms with E-state index in [0.717, 1.165) is 64.2 Å². The molecule has 0 aliphatic carbocycles. The Labute approximate surface area is 459 Å². The van der Waals surface area contributed by atoms with E-state index >= 15 is 0 Å². The van der Waals surface area contributed by atoms with Crippen LogP contribution in [0.1, 0.15) is 206 Å². The summed E-state index contributed by atoms with van der Waals surface area (Å²) in [6.45, 7) is 2.29. The van der Waals surface area contributed by atoms with Gasteiger partial charge in [0.05, 0.1) is 26.4 Å². The topological polar surface area (TPSA) is 291 Å². The molecule has 10 atom stereocenters. The minimum atomic E-state index is -5.43. The van der Waals surface area contributed by atoms with Crippen molar-refractivity contribution in [2.24, 2.45) is 5.41 Å². The van der Waals surface area contributed by atoms with Crippen LogP contribution in [0, 0.1) is 5.41 Å². The van der Waals surface area contributed by atoms with Crippen LogP contribution in [0.4, 0.5) is 0 Å². The Bertz CT molecular complexity index is 1350. The molecular weight excluding hydrogens is 963 g/mol. The van der Waals surface area contributed by atoms with Gasteiger partial charge in [-0.2, -0.15) is 0 Å². The van der Waals surface area contributed by atoms with Crippen LogP contribution >= 0.6 is 0 Å². The van der Waals surface area contributed by atoms with Crippen molar-refractivity contribution in [1.82, 2.24) is 0 Å². The maximum absolute atomic E-state index is 11.6. The Morgan fingerprint density at radius 2 is 0.681 bits per heavy atom. The molecule has 69 heavy (non-hydrogen) atoms. The van der Waals surface area contributed by atoms with Gasteiger partial charge < -0.3 is 58.7 Å². The van der Waals surface area contributed by atoms with Crippen LogP contribution in [-0.4, -0.2) is 144 Å². The standard InChI is InChI=1S/C47H92O18S2.2Na/c1-3-5-7-9-11-13-15-17-19-21-23-25-27-29-31-47(32-30-28-26-24-22-20-18-16-14-12-10-8-6-4-2,35-60-45-41(52)43(64-66(54,55)56)39(50)37(33-48)62-45)36-61-46-42(53)44(65-67(57,58)59)40(51)38(34-49)63-46;;/h37-46,48-53H,3-36H2,1-2H3,(H,54,55,56)(H,57,58,59);;/q;2*+1/p-2/t37-,38-,39+,40+,41-,42-,43+,44+,45-,46-;;/m1../s1. The average Bonchev–Trinajstić information content (AvgIpc) is 3.28. The molecule has 2 saturated heterocycles. The van der Waals surface area contributed by atoms with E-state index < -0.39 is 101 Å². The van der Waals surface area contributed by atoms with Gasteiger partial charge in [-0.1, -0.05) is 194 Å². The number of aliphatic hydroxyl groups excluding tert-OH is 6. The van der Waals surface area contributed by atoms with Gasteiger partial charge in [-0.3, -0.25) is 8.37 Å².